The van der Waals surface area contributed by atoms with Crippen molar-refractivity contribution in [1.29, 1.82) is 0 Å². The van der Waals surface area contributed by atoms with E-state index in [0.717, 1.165) is 36.7 Å². The van der Waals surface area contributed by atoms with Crippen molar-refractivity contribution >= 4 is 0 Å². The standard InChI is InChI=1S/C27H45NO2/c1-16-7-12-27(29-15-16)17(2)24-23(30-27)14-22-20-6-5-18-13-19(28)8-10-25(18,3)21(20)9-11-26(22,24)4/h16-24H,5-15,28H2,1-4H3/t16-,17-,18-,19-,20+,21-,22-,23-,24-,25-,26-,27+/m0/s1. The lowest BCUT2D eigenvalue weighted by atomic mass is 9.44. The summed E-state index contributed by atoms with van der Waals surface area (Å²) in [5.74, 6) is 5.25. The normalized spacial score (nSPS) is 62.5. The van der Waals surface area contributed by atoms with Gasteiger partial charge in [0.15, 0.2) is 5.79 Å². The topological polar surface area (TPSA) is 44.5 Å². The molecule has 6 aliphatic rings. The SMILES string of the molecule is C[C@H]1CC[C@@]2(OC1)O[C@H]1C[C@H]3[C@@H]4CC[C@H]5C[C@@H](N)CC[C@]5(C)[C@H]4CC[C@]3(C)[C@H]1[C@@H]2C. The first-order valence-electron chi connectivity index (χ1n) is 13.3. The highest BCUT2D eigenvalue weighted by atomic mass is 16.7. The van der Waals surface area contributed by atoms with E-state index in [1.807, 2.05) is 0 Å². The van der Waals surface area contributed by atoms with Crippen LogP contribution in [0.1, 0.15) is 91.9 Å². The molecule has 0 unspecified atom stereocenters. The molecule has 2 aliphatic heterocycles. The average Bonchev–Trinajstić information content (AvgIpc) is 3.16. The molecule has 3 heteroatoms. The summed E-state index contributed by atoms with van der Waals surface area (Å²) in [6.07, 6.45) is 13.7. The number of hydrogen-bond acceptors (Lipinski definition) is 3. The molecule has 1 spiro atoms. The van der Waals surface area contributed by atoms with Gasteiger partial charge in [0.25, 0.3) is 0 Å². The van der Waals surface area contributed by atoms with Crippen LogP contribution < -0.4 is 5.73 Å². The molecule has 3 nitrogen and oxygen atoms in total. The molecule has 0 bridgehead atoms. The van der Waals surface area contributed by atoms with Crippen molar-refractivity contribution in [2.24, 2.45) is 58.0 Å². The third-order valence-corrected chi connectivity index (χ3v) is 12.0. The van der Waals surface area contributed by atoms with Gasteiger partial charge in [-0.3, -0.25) is 0 Å². The first kappa shape index (κ1) is 20.5. The van der Waals surface area contributed by atoms with Crippen molar-refractivity contribution in [3.63, 3.8) is 0 Å². The molecule has 4 aliphatic carbocycles. The van der Waals surface area contributed by atoms with Gasteiger partial charge in [-0.15, -0.1) is 0 Å². The summed E-state index contributed by atoms with van der Waals surface area (Å²) in [5.41, 5.74) is 7.40. The highest BCUT2D eigenvalue weighted by molar-refractivity contribution is 5.15. The number of hydrogen-bond donors (Lipinski definition) is 1. The van der Waals surface area contributed by atoms with Crippen LogP contribution >= 0.6 is 0 Å². The molecule has 2 N–H and O–H groups in total. The Kier molecular flexibility index (Phi) is 4.58. The number of fused-ring (bicyclic) bond motifs is 7. The van der Waals surface area contributed by atoms with E-state index in [-0.39, 0.29) is 5.79 Å². The van der Waals surface area contributed by atoms with Gasteiger partial charge in [0.1, 0.15) is 0 Å². The fourth-order valence-electron chi connectivity index (χ4n) is 10.3. The van der Waals surface area contributed by atoms with Crippen LogP contribution in [0.4, 0.5) is 0 Å². The zero-order chi connectivity index (χ0) is 20.9. The van der Waals surface area contributed by atoms with E-state index in [2.05, 4.69) is 27.7 Å². The van der Waals surface area contributed by atoms with E-state index in [0.29, 0.717) is 40.7 Å². The molecule has 0 aromatic rings. The van der Waals surface area contributed by atoms with Crippen molar-refractivity contribution in [3.8, 4) is 0 Å². The summed E-state index contributed by atoms with van der Waals surface area (Å²) in [5, 5.41) is 0. The first-order valence-corrected chi connectivity index (χ1v) is 13.3. The summed E-state index contributed by atoms with van der Waals surface area (Å²) >= 11 is 0. The van der Waals surface area contributed by atoms with E-state index >= 15 is 0 Å². The minimum Gasteiger partial charge on any atom is -0.349 e. The summed E-state index contributed by atoms with van der Waals surface area (Å²) in [4.78, 5) is 0. The smallest absolute Gasteiger partial charge is 0.171 e. The van der Waals surface area contributed by atoms with Gasteiger partial charge in [0.2, 0.25) is 0 Å². The molecule has 0 amide bonds. The van der Waals surface area contributed by atoms with E-state index < -0.39 is 0 Å². The number of rotatable bonds is 0. The van der Waals surface area contributed by atoms with Gasteiger partial charge in [-0.1, -0.05) is 27.7 Å². The molecule has 2 heterocycles. The maximum Gasteiger partial charge on any atom is 0.171 e. The van der Waals surface area contributed by atoms with Crippen LogP contribution in [0.5, 0.6) is 0 Å². The van der Waals surface area contributed by atoms with Gasteiger partial charge in [0.05, 0.1) is 12.7 Å². The predicted octanol–water partition coefficient (Wildman–Crippen LogP) is 5.76. The molecular formula is C27H45NO2. The van der Waals surface area contributed by atoms with E-state index in [4.69, 9.17) is 15.2 Å². The molecule has 0 radical (unpaired) electrons. The fourth-order valence-corrected chi connectivity index (χ4v) is 10.3. The van der Waals surface area contributed by atoms with Crippen LogP contribution in [-0.2, 0) is 9.47 Å². The highest BCUT2D eigenvalue weighted by Crippen LogP contribution is 2.71. The van der Waals surface area contributed by atoms with Crippen LogP contribution in [0.2, 0.25) is 0 Å². The van der Waals surface area contributed by atoms with E-state index in [1.165, 1.54) is 57.8 Å². The van der Waals surface area contributed by atoms with Crippen molar-refractivity contribution in [2.45, 2.75) is 110 Å². The van der Waals surface area contributed by atoms with Crippen LogP contribution in [-0.4, -0.2) is 24.5 Å². The molecule has 0 aromatic heterocycles. The Hall–Kier alpha value is -0.120. The quantitative estimate of drug-likeness (QED) is 0.547. The number of ether oxygens (including phenoxy) is 2. The monoisotopic (exact) mass is 415 g/mol. The first-order chi connectivity index (χ1) is 14.3. The Balaban J connectivity index is 1.26. The largest absolute Gasteiger partial charge is 0.349 e. The summed E-state index contributed by atoms with van der Waals surface area (Å²) in [6.45, 7) is 11.0. The van der Waals surface area contributed by atoms with Crippen LogP contribution in [0.25, 0.3) is 0 Å². The summed E-state index contributed by atoms with van der Waals surface area (Å²) in [7, 11) is 0. The lowest BCUT2D eigenvalue weighted by Crippen LogP contribution is -2.55. The predicted molar refractivity (Wildman–Crippen MR) is 120 cm³/mol. The van der Waals surface area contributed by atoms with E-state index in [1.54, 1.807) is 0 Å². The van der Waals surface area contributed by atoms with Gasteiger partial charge in [-0.05, 0) is 104 Å². The molecule has 6 fully saturated rings. The average molecular weight is 416 g/mol. The van der Waals surface area contributed by atoms with Gasteiger partial charge in [-0.2, -0.15) is 0 Å². The van der Waals surface area contributed by atoms with Crippen molar-refractivity contribution in [2.75, 3.05) is 6.61 Å². The minimum absolute atomic E-state index is 0.268. The Morgan fingerprint density at radius 1 is 0.833 bits per heavy atom. The molecular weight excluding hydrogens is 370 g/mol. The fraction of sp³-hybridized carbons (Fsp3) is 1.00. The van der Waals surface area contributed by atoms with Crippen molar-refractivity contribution in [3.05, 3.63) is 0 Å². The summed E-state index contributed by atoms with van der Waals surface area (Å²) < 4.78 is 13.4. The number of nitrogens with two attached hydrogens (primary N) is 1. The Bertz CT molecular complexity index is 686. The lowest BCUT2D eigenvalue weighted by Gasteiger charge is -2.61. The van der Waals surface area contributed by atoms with Gasteiger partial charge in [0, 0.05) is 18.4 Å². The van der Waals surface area contributed by atoms with Crippen LogP contribution in [0.15, 0.2) is 0 Å². The molecule has 2 saturated heterocycles. The molecule has 4 saturated carbocycles. The van der Waals surface area contributed by atoms with Gasteiger partial charge >= 0.3 is 0 Å². The molecule has 12 atom stereocenters. The van der Waals surface area contributed by atoms with Gasteiger partial charge < -0.3 is 15.2 Å². The maximum atomic E-state index is 6.92. The van der Waals surface area contributed by atoms with Crippen LogP contribution in [0.3, 0.4) is 0 Å². The third-order valence-electron chi connectivity index (χ3n) is 12.0. The molecule has 30 heavy (non-hydrogen) atoms. The molecule has 6 rings (SSSR count). The second kappa shape index (κ2) is 6.70. The van der Waals surface area contributed by atoms with Gasteiger partial charge in [-0.25, -0.2) is 0 Å². The molecule has 170 valence electrons. The second-order valence-corrected chi connectivity index (χ2v) is 13.2. The Morgan fingerprint density at radius 2 is 1.63 bits per heavy atom. The second-order valence-electron chi connectivity index (χ2n) is 13.2. The Morgan fingerprint density at radius 3 is 2.40 bits per heavy atom. The zero-order valence-corrected chi connectivity index (χ0v) is 19.9. The van der Waals surface area contributed by atoms with Crippen molar-refractivity contribution in [1.82, 2.24) is 0 Å². The highest BCUT2D eigenvalue weighted by Gasteiger charge is 2.69. The van der Waals surface area contributed by atoms with Crippen molar-refractivity contribution < 1.29 is 9.47 Å². The maximum absolute atomic E-state index is 6.92. The minimum atomic E-state index is -0.268. The summed E-state index contributed by atoms with van der Waals surface area (Å²) in [6, 6.07) is 0.461. The molecule has 0 aromatic carbocycles. The third kappa shape index (κ3) is 2.61. The zero-order valence-electron chi connectivity index (χ0n) is 19.9. The van der Waals surface area contributed by atoms with Crippen LogP contribution in [0, 0.1) is 52.3 Å². The lowest BCUT2D eigenvalue weighted by molar-refractivity contribution is -0.273. The Labute approximate surface area is 184 Å². The van der Waals surface area contributed by atoms with E-state index in [9.17, 15) is 0 Å².